The van der Waals surface area contributed by atoms with Gasteiger partial charge in [-0.1, -0.05) is 20.8 Å². The van der Waals surface area contributed by atoms with E-state index in [1.807, 2.05) is 0 Å². The topological polar surface area (TPSA) is 42.7 Å². The Kier molecular flexibility index (Phi) is 4.47. The van der Waals surface area contributed by atoms with Crippen LogP contribution in [0.25, 0.3) is 0 Å². The van der Waals surface area contributed by atoms with Gasteiger partial charge < -0.3 is 9.88 Å². The summed E-state index contributed by atoms with van der Waals surface area (Å²) in [5.74, 6) is 1.07. The van der Waals surface area contributed by atoms with Crippen molar-refractivity contribution in [3.63, 3.8) is 0 Å². The molecule has 0 bridgehead atoms. The summed E-state index contributed by atoms with van der Waals surface area (Å²) in [4.78, 5) is 0. The van der Waals surface area contributed by atoms with E-state index in [4.69, 9.17) is 0 Å². The maximum absolute atomic E-state index is 4.12. The standard InChI is InChI=1S/C12H24N4/c1-6-16-9-14-15-11(16)7-8-13-10(2)12(3,4)5/h9-10,13H,6-8H2,1-5H3. The van der Waals surface area contributed by atoms with Crippen LogP contribution in [0.2, 0.25) is 0 Å². The molecule has 0 radical (unpaired) electrons. The van der Waals surface area contributed by atoms with E-state index in [2.05, 4.69) is 54.7 Å². The van der Waals surface area contributed by atoms with Gasteiger partial charge in [-0.25, -0.2) is 0 Å². The number of nitrogens with one attached hydrogen (secondary N) is 1. The molecule has 1 heterocycles. The average Bonchev–Trinajstić information content (AvgIpc) is 2.63. The fourth-order valence-corrected chi connectivity index (χ4v) is 1.44. The summed E-state index contributed by atoms with van der Waals surface area (Å²) in [6.45, 7) is 13.0. The van der Waals surface area contributed by atoms with Crippen LogP contribution in [0.15, 0.2) is 6.33 Å². The maximum atomic E-state index is 4.12. The van der Waals surface area contributed by atoms with E-state index in [-0.39, 0.29) is 0 Å². The highest BCUT2D eigenvalue weighted by atomic mass is 15.3. The van der Waals surface area contributed by atoms with Crippen LogP contribution >= 0.6 is 0 Å². The Morgan fingerprint density at radius 3 is 2.69 bits per heavy atom. The number of aromatic nitrogens is 3. The van der Waals surface area contributed by atoms with Gasteiger partial charge in [0.15, 0.2) is 0 Å². The van der Waals surface area contributed by atoms with Gasteiger partial charge in [-0.2, -0.15) is 0 Å². The molecule has 0 spiro atoms. The minimum absolute atomic E-state index is 0.304. The van der Waals surface area contributed by atoms with Crippen molar-refractivity contribution in [3.05, 3.63) is 12.2 Å². The molecule has 1 aromatic heterocycles. The van der Waals surface area contributed by atoms with Gasteiger partial charge in [0.2, 0.25) is 0 Å². The smallest absolute Gasteiger partial charge is 0.134 e. The van der Waals surface area contributed by atoms with Crippen LogP contribution in [0.4, 0.5) is 0 Å². The first-order valence-corrected chi connectivity index (χ1v) is 6.05. The third-order valence-electron chi connectivity index (χ3n) is 3.13. The van der Waals surface area contributed by atoms with Gasteiger partial charge in [-0.3, -0.25) is 0 Å². The second-order valence-corrected chi connectivity index (χ2v) is 5.33. The lowest BCUT2D eigenvalue weighted by molar-refractivity contribution is 0.287. The number of hydrogen-bond acceptors (Lipinski definition) is 3. The number of hydrogen-bond donors (Lipinski definition) is 1. The molecule has 16 heavy (non-hydrogen) atoms. The summed E-state index contributed by atoms with van der Waals surface area (Å²) >= 11 is 0. The molecule has 1 atom stereocenters. The molecule has 92 valence electrons. The zero-order valence-corrected chi connectivity index (χ0v) is 11.1. The molecule has 0 aliphatic heterocycles. The van der Waals surface area contributed by atoms with Gasteiger partial charge in [0.1, 0.15) is 12.2 Å². The molecule has 0 saturated carbocycles. The minimum Gasteiger partial charge on any atom is -0.318 e. The quantitative estimate of drug-likeness (QED) is 0.830. The van der Waals surface area contributed by atoms with E-state index in [0.29, 0.717) is 11.5 Å². The molecule has 4 nitrogen and oxygen atoms in total. The van der Waals surface area contributed by atoms with Crippen LogP contribution in [-0.2, 0) is 13.0 Å². The highest BCUT2D eigenvalue weighted by molar-refractivity contribution is 4.87. The van der Waals surface area contributed by atoms with Crippen molar-refractivity contribution in [2.75, 3.05) is 6.54 Å². The second-order valence-electron chi connectivity index (χ2n) is 5.33. The highest BCUT2D eigenvalue weighted by Gasteiger charge is 2.18. The molecule has 0 fully saturated rings. The van der Waals surface area contributed by atoms with Crippen LogP contribution in [0.1, 0.15) is 40.4 Å². The molecule has 0 aromatic carbocycles. The first-order chi connectivity index (χ1) is 7.45. The molecule has 0 saturated heterocycles. The lowest BCUT2D eigenvalue weighted by Gasteiger charge is -2.28. The average molecular weight is 224 g/mol. The normalized spacial score (nSPS) is 14.1. The second kappa shape index (κ2) is 5.43. The van der Waals surface area contributed by atoms with Crippen molar-refractivity contribution in [2.24, 2.45) is 5.41 Å². The van der Waals surface area contributed by atoms with Gasteiger partial charge in [0.25, 0.3) is 0 Å². The van der Waals surface area contributed by atoms with E-state index in [9.17, 15) is 0 Å². The Bertz CT molecular complexity index is 311. The largest absolute Gasteiger partial charge is 0.318 e. The van der Waals surface area contributed by atoms with E-state index in [0.717, 1.165) is 25.3 Å². The first-order valence-electron chi connectivity index (χ1n) is 6.05. The Hall–Kier alpha value is -0.900. The van der Waals surface area contributed by atoms with Gasteiger partial charge in [-0.15, -0.1) is 10.2 Å². The summed E-state index contributed by atoms with van der Waals surface area (Å²) in [6.07, 6.45) is 2.73. The Morgan fingerprint density at radius 2 is 2.12 bits per heavy atom. The van der Waals surface area contributed by atoms with E-state index in [1.165, 1.54) is 0 Å². The third kappa shape index (κ3) is 3.59. The third-order valence-corrected chi connectivity index (χ3v) is 3.13. The van der Waals surface area contributed by atoms with E-state index < -0.39 is 0 Å². The summed E-state index contributed by atoms with van der Waals surface area (Å²) in [5.41, 5.74) is 0.304. The molecule has 4 heteroatoms. The lowest BCUT2D eigenvalue weighted by Crippen LogP contribution is -2.38. The molecule has 1 aromatic rings. The van der Waals surface area contributed by atoms with Crippen LogP contribution in [0.3, 0.4) is 0 Å². The maximum Gasteiger partial charge on any atom is 0.134 e. The molecule has 1 N–H and O–H groups in total. The van der Waals surface area contributed by atoms with Crippen molar-refractivity contribution < 1.29 is 0 Å². The van der Waals surface area contributed by atoms with Crippen molar-refractivity contribution in [1.29, 1.82) is 0 Å². The Labute approximate surface area is 98.5 Å². The fraction of sp³-hybridized carbons (Fsp3) is 0.833. The number of nitrogens with zero attached hydrogens (tertiary/aromatic N) is 3. The minimum atomic E-state index is 0.304. The van der Waals surface area contributed by atoms with Crippen LogP contribution in [-0.4, -0.2) is 27.4 Å². The van der Waals surface area contributed by atoms with E-state index >= 15 is 0 Å². The molecular formula is C12H24N4. The molecule has 0 amide bonds. The summed E-state index contributed by atoms with van der Waals surface area (Å²) in [5, 5.41) is 11.6. The van der Waals surface area contributed by atoms with E-state index in [1.54, 1.807) is 6.33 Å². The summed E-state index contributed by atoms with van der Waals surface area (Å²) < 4.78 is 2.09. The number of aryl methyl sites for hydroxylation is 1. The molecule has 1 rings (SSSR count). The first kappa shape index (κ1) is 13.2. The van der Waals surface area contributed by atoms with Crippen molar-refractivity contribution in [1.82, 2.24) is 20.1 Å². The fourth-order valence-electron chi connectivity index (χ4n) is 1.44. The predicted molar refractivity (Wildman–Crippen MR) is 66.3 cm³/mol. The monoisotopic (exact) mass is 224 g/mol. The van der Waals surface area contributed by atoms with Crippen molar-refractivity contribution in [2.45, 2.75) is 53.6 Å². The predicted octanol–water partition coefficient (Wildman–Crippen LogP) is 1.86. The molecule has 0 aliphatic carbocycles. The van der Waals surface area contributed by atoms with Crippen LogP contribution in [0.5, 0.6) is 0 Å². The Morgan fingerprint density at radius 1 is 1.44 bits per heavy atom. The van der Waals surface area contributed by atoms with Gasteiger partial charge in [0.05, 0.1) is 0 Å². The number of rotatable bonds is 5. The van der Waals surface area contributed by atoms with Crippen LogP contribution < -0.4 is 5.32 Å². The zero-order valence-electron chi connectivity index (χ0n) is 11.1. The summed E-state index contributed by atoms with van der Waals surface area (Å²) in [6, 6.07) is 0.505. The summed E-state index contributed by atoms with van der Waals surface area (Å²) in [7, 11) is 0. The van der Waals surface area contributed by atoms with Crippen molar-refractivity contribution in [3.8, 4) is 0 Å². The van der Waals surface area contributed by atoms with Crippen LogP contribution in [0, 0.1) is 5.41 Å². The van der Waals surface area contributed by atoms with Crippen molar-refractivity contribution >= 4 is 0 Å². The highest BCUT2D eigenvalue weighted by Crippen LogP contribution is 2.18. The molecule has 1 unspecified atom stereocenters. The van der Waals surface area contributed by atoms with Gasteiger partial charge in [-0.05, 0) is 19.3 Å². The SMILES string of the molecule is CCn1cnnc1CCNC(C)C(C)(C)C. The molecular weight excluding hydrogens is 200 g/mol. The molecule has 0 aliphatic rings. The van der Waals surface area contributed by atoms with Gasteiger partial charge in [0, 0.05) is 25.6 Å². The lowest BCUT2D eigenvalue weighted by atomic mass is 9.88. The van der Waals surface area contributed by atoms with Gasteiger partial charge >= 0.3 is 0 Å². The zero-order chi connectivity index (χ0) is 12.2. The Balaban J connectivity index is 2.36.